The summed E-state index contributed by atoms with van der Waals surface area (Å²) in [6.07, 6.45) is 7.66. The van der Waals surface area contributed by atoms with Gasteiger partial charge in [-0.05, 0) is 37.0 Å². The Morgan fingerprint density at radius 3 is 2.93 bits per heavy atom. The molecule has 0 bridgehead atoms. The molecular formula is C20H25N5O2. The van der Waals surface area contributed by atoms with Gasteiger partial charge < -0.3 is 13.9 Å². The third kappa shape index (κ3) is 3.67. The smallest absolute Gasteiger partial charge is 0.225 e. The SMILES string of the molecule is CC(C)C(=O)N1CCC[C@H](Cn2ccnc2-c2ccc(-c3ccn[nH]3)o2)C1. The van der Waals surface area contributed by atoms with Crippen molar-refractivity contribution in [3.05, 3.63) is 36.8 Å². The standard InChI is InChI=1S/C20H25N5O2/c1-14(2)20(26)25-10-3-4-15(13-25)12-24-11-9-21-19(24)18-6-5-17(27-18)16-7-8-22-23-16/h5-9,11,14-15H,3-4,10,12-13H2,1-2H3,(H,22,23)/t15-/m1/s1. The molecule has 0 unspecified atom stereocenters. The van der Waals surface area contributed by atoms with Gasteiger partial charge in [-0.15, -0.1) is 0 Å². The van der Waals surface area contributed by atoms with Gasteiger partial charge in [-0.1, -0.05) is 13.8 Å². The molecule has 27 heavy (non-hydrogen) atoms. The first kappa shape index (κ1) is 17.6. The fourth-order valence-corrected chi connectivity index (χ4v) is 3.74. The van der Waals surface area contributed by atoms with E-state index in [1.807, 2.05) is 43.1 Å². The van der Waals surface area contributed by atoms with Crippen LogP contribution < -0.4 is 0 Å². The molecule has 1 aliphatic heterocycles. The Balaban J connectivity index is 1.49. The van der Waals surface area contributed by atoms with Crippen molar-refractivity contribution in [1.82, 2.24) is 24.6 Å². The quantitative estimate of drug-likeness (QED) is 0.749. The number of nitrogens with one attached hydrogen (secondary N) is 1. The number of piperidine rings is 1. The third-order valence-corrected chi connectivity index (χ3v) is 5.09. The van der Waals surface area contributed by atoms with Crippen LogP contribution in [0, 0.1) is 11.8 Å². The van der Waals surface area contributed by atoms with E-state index < -0.39 is 0 Å². The number of imidazole rings is 1. The first-order valence-electron chi connectivity index (χ1n) is 9.51. The number of nitrogens with zero attached hydrogens (tertiary/aromatic N) is 4. The molecule has 1 saturated heterocycles. The monoisotopic (exact) mass is 367 g/mol. The zero-order chi connectivity index (χ0) is 18.8. The number of carbonyl (C=O) groups is 1. The van der Waals surface area contributed by atoms with Crippen molar-refractivity contribution < 1.29 is 9.21 Å². The molecule has 1 fully saturated rings. The van der Waals surface area contributed by atoms with E-state index in [4.69, 9.17) is 4.42 Å². The fraction of sp³-hybridized carbons (Fsp3) is 0.450. The second-order valence-electron chi connectivity index (χ2n) is 7.48. The summed E-state index contributed by atoms with van der Waals surface area (Å²) in [6.45, 7) is 6.45. The lowest BCUT2D eigenvalue weighted by Crippen LogP contribution is -2.42. The van der Waals surface area contributed by atoms with Gasteiger partial charge in [-0.3, -0.25) is 9.89 Å². The highest BCUT2D eigenvalue weighted by Gasteiger charge is 2.26. The van der Waals surface area contributed by atoms with E-state index in [0.717, 1.165) is 55.5 Å². The maximum absolute atomic E-state index is 12.3. The van der Waals surface area contributed by atoms with Gasteiger partial charge in [0, 0.05) is 44.1 Å². The van der Waals surface area contributed by atoms with Crippen molar-refractivity contribution >= 4 is 5.91 Å². The second-order valence-corrected chi connectivity index (χ2v) is 7.48. The summed E-state index contributed by atoms with van der Waals surface area (Å²) in [5, 5.41) is 6.87. The van der Waals surface area contributed by atoms with Crippen molar-refractivity contribution in [1.29, 1.82) is 0 Å². The van der Waals surface area contributed by atoms with E-state index in [-0.39, 0.29) is 11.8 Å². The Morgan fingerprint density at radius 2 is 2.15 bits per heavy atom. The average molecular weight is 367 g/mol. The number of amides is 1. The van der Waals surface area contributed by atoms with Gasteiger partial charge in [-0.25, -0.2) is 4.98 Å². The highest BCUT2D eigenvalue weighted by molar-refractivity contribution is 5.78. The minimum atomic E-state index is 0.0524. The normalized spacial score (nSPS) is 17.6. The van der Waals surface area contributed by atoms with E-state index in [1.165, 1.54) is 0 Å². The van der Waals surface area contributed by atoms with E-state index in [2.05, 4.69) is 19.7 Å². The fourth-order valence-electron chi connectivity index (χ4n) is 3.74. The van der Waals surface area contributed by atoms with Gasteiger partial charge in [0.25, 0.3) is 0 Å². The molecule has 3 aromatic heterocycles. The Bertz CT molecular complexity index is 893. The van der Waals surface area contributed by atoms with Crippen molar-refractivity contribution in [2.45, 2.75) is 33.2 Å². The number of hydrogen-bond acceptors (Lipinski definition) is 4. The lowest BCUT2D eigenvalue weighted by molar-refractivity contribution is -0.136. The van der Waals surface area contributed by atoms with Crippen LogP contribution in [0.4, 0.5) is 0 Å². The number of H-pyrrole nitrogens is 1. The van der Waals surface area contributed by atoms with Crippen LogP contribution >= 0.6 is 0 Å². The molecule has 3 aromatic rings. The van der Waals surface area contributed by atoms with Crippen molar-refractivity contribution in [2.75, 3.05) is 13.1 Å². The summed E-state index contributed by atoms with van der Waals surface area (Å²) < 4.78 is 8.10. The number of likely N-dealkylation sites (tertiary alicyclic amines) is 1. The average Bonchev–Trinajstić information content (AvgIpc) is 3.41. The maximum atomic E-state index is 12.3. The Kier molecular flexibility index (Phi) is 4.83. The van der Waals surface area contributed by atoms with Gasteiger partial charge in [0.15, 0.2) is 17.3 Å². The van der Waals surface area contributed by atoms with Crippen LogP contribution in [-0.2, 0) is 11.3 Å². The second kappa shape index (κ2) is 7.42. The third-order valence-electron chi connectivity index (χ3n) is 5.09. The molecule has 1 amide bonds. The molecular weight excluding hydrogens is 342 g/mol. The summed E-state index contributed by atoms with van der Waals surface area (Å²) in [6, 6.07) is 5.73. The Labute approximate surface area is 158 Å². The molecule has 4 heterocycles. The number of aromatic amines is 1. The Hall–Kier alpha value is -2.83. The van der Waals surface area contributed by atoms with Gasteiger partial charge in [-0.2, -0.15) is 5.10 Å². The Morgan fingerprint density at radius 1 is 1.30 bits per heavy atom. The predicted molar refractivity (Wildman–Crippen MR) is 102 cm³/mol. The number of rotatable bonds is 5. The highest BCUT2D eigenvalue weighted by Crippen LogP contribution is 2.28. The van der Waals surface area contributed by atoms with Gasteiger partial charge >= 0.3 is 0 Å². The molecule has 0 aliphatic carbocycles. The molecule has 1 N–H and O–H groups in total. The number of carbonyl (C=O) groups excluding carboxylic acids is 1. The number of furan rings is 1. The van der Waals surface area contributed by atoms with Crippen LogP contribution in [0.1, 0.15) is 26.7 Å². The van der Waals surface area contributed by atoms with Crippen LogP contribution in [0.2, 0.25) is 0 Å². The van der Waals surface area contributed by atoms with E-state index in [1.54, 1.807) is 12.4 Å². The summed E-state index contributed by atoms with van der Waals surface area (Å²) >= 11 is 0. The molecule has 0 aromatic carbocycles. The van der Waals surface area contributed by atoms with Gasteiger partial charge in [0.2, 0.25) is 5.91 Å². The minimum Gasteiger partial charge on any atom is -0.451 e. The molecule has 0 saturated carbocycles. The van der Waals surface area contributed by atoms with Crippen LogP contribution in [0.25, 0.3) is 23.0 Å². The van der Waals surface area contributed by atoms with Gasteiger partial charge in [0.1, 0.15) is 5.69 Å². The van der Waals surface area contributed by atoms with Crippen molar-refractivity contribution in [3.63, 3.8) is 0 Å². The number of aromatic nitrogens is 4. The predicted octanol–water partition coefficient (Wildman–Crippen LogP) is 3.43. The lowest BCUT2D eigenvalue weighted by atomic mass is 9.96. The molecule has 0 spiro atoms. The summed E-state index contributed by atoms with van der Waals surface area (Å²) in [4.78, 5) is 18.8. The van der Waals surface area contributed by atoms with Crippen LogP contribution in [-0.4, -0.2) is 43.6 Å². The molecule has 1 aliphatic rings. The van der Waals surface area contributed by atoms with Crippen molar-refractivity contribution in [3.8, 4) is 23.0 Å². The molecule has 7 heteroatoms. The summed E-state index contributed by atoms with van der Waals surface area (Å²) in [5.41, 5.74) is 0.842. The molecule has 7 nitrogen and oxygen atoms in total. The summed E-state index contributed by atoms with van der Waals surface area (Å²) in [7, 11) is 0. The van der Waals surface area contributed by atoms with Crippen LogP contribution in [0.5, 0.6) is 0 Å². The number of hydrogen-bond donors (Lipinski definition) is 1. The topological polar surface area (TPSA) is 80.0 Å². The summed E-state index contributed by atoms with van der Waals surface area (Å²) in [5.74, 6) is 3.01. The molecule has 4 rings (SSSR count). The zero-order valence-electron chi connectivity index (χ0n) is 15.8. The van der Waals surface area contributed by atoms with Crippen LogP contribution in [0.3, 0.4) is 0 Å². The minimum absolute atomic E-state index is 0.0524. The largest absolute Gasteiger partial charge is 0.451 e. The zero-order valence-corrected chi connectivity index (χ0v) is 15.8. The van der Waals surface area contributed by atoms with Gasteiger partial charge in [0.05, 0.1) is 0 Å². The van der Waals surface area contributed by atoms with E-state index >= 15 is 0 Å². The first-order valence-corrected chi connectivity index (χ1v) is 9.51. The highest BCUT2D eigenvalue weighted by atomic mass is 16.3. The lowest BCUT2D eigenvalue weighted by Gasteiger charge is -2.34. The maximum Gasteiger partial charge on any atom is 0.225 e. The van der Waals surface area contributed by atoms with Crippen LogP contribution in [0.15, 0.2) is 41.2 Å². The van der Waals surface area contributed by atoms with E-state index in [9.17, 15) is 4.79 Å². The molecule has 0 radical (unpaired) electrons. The van der Waals surface area contributed by atoms with Crippen molar-refractivity contribution in [2.24, 2.45) is 11.8 Å². The van der Waals surface area contributed by atoms with E-state index in [0.29, 0.717) is 5.92 Å². The first-order chi connectivity index (χ1) is 13.1. The molecule has 1 atom stereocenters. The molecule has 142 valence electrons.